The first kappa shape index (κ1) is 22.6. The Bertz CT molecular complexity index is 1090. The predicted molar refractivity (Wildman–Crippen MR) is 115 cm³/mol. The van der Waals surface area contributed by atoms with Gasteiger partial charge in [0, 0.05) is 28.7 Å². The Labute approximate surface area is 181 Å². The molecular formula is C24H28O7. The fourth-order valence-electron chi connectivity index (χ4n) is 3.36. The third kappa shape index (κ3) is 4.50. The Morgan fingerprint density at radius 3 is 2.58 bits per heavy atom. The average Bonchev–Trinajstić information content (AvgIpc) is 2.73. The van der Waals surface area contributed by atoms with Gasteiger partial charge in [0.2, 0.25) is 0 Å². The molecule has 0 spiro atoms. The van der Waals surface area contributed by atoms with E-state index in [0.717, 1.165) is 0 Å². The van der Waals surface area contributed by atoms with Crippen LogP contribution in [0.15, 0.2) is 45.1 Å². The number of rotatable bonds is 5. The van der Waals surface area contributed by atoms with Crippen LogP contribution in [0.25, 0.3) is 11.0 Å². The zero-order valence-corrected chi connectivity index (χ0v) is 18.7. The number of ether oxygens (including phenoxy) is 3. The molecule has 1 aromatic heterocycles. The Morgan fingerprint density at radius 2 is 1.94 bits per heavy atom. The Hall–Kier alpha value is -3.09. The molecule has 166 valence electrons. The maximum absolute atomic E-state index is 12.7. The van der Waals surface area contributed by atoms with Gasteiger partial charge in [0.25, 0.3) is 0 Å². The van der Waals surface area contributed by atoms with Crippen LogP contribution in [0.4, 0.5) is 0 Å². The van der Waals surface area contributed by atoms with Crippen LogP contribution in [-0.4, -0.2) is 23.6 Å². The maximum Gasteiger partial charge on any atom is 0.336 e. The second-order valence-electron chi connectivity index (χ2n) is 8.35. The number of esters is 2. The van der Waals surface area contributed by atoms with Crippen LogP contribution in [0.2, 0.25) is 0 Å². The summed E-state index contributed by atoms with van der Waals surface area (Å²) in [5.41, 5.74) is -0.146. The van der Waals surface area contributed by atoms with Gasteiger partial charge in [0.15, 0.2) is 12.2 Å². The largest absolute Gasteiger partial charge is 0.483 e. The molecule has 0 saturated heterocycles. The molecular weight excluding hydrogens is 400 g/mol. The summed E-state index contributed by atoms with van der Waals surface area (Å²) < 4.78 is 23.1. The second-order valence-corrected chi connectivity index (χ2v) is 8.35. The van der Waals surface area contributed by atoms with E-state index in [4.69, 9.17) is 18.6 Å². The van der Waals surface area contributed by atoms with Gasteiger partial charge >= 0.3 is 17.6 Å². The third-order valence-electron chi connectivity index (χ3n) is 5.64. The summed E-state index contributed by atoms with van der Waals surface area (Å²) in [7, 11) is 0. The molecule has 0 radical (unpaired) electrons. The number of fused-ring (bicyclic) bond motifs is 2. The lowest BCUT2D eigenvalue weighted by atomic mass is 9.87. The minimum Gasteiger partial charge on any atom is -0.483 e. The van der Waals surface area contributed by atoms with Crippen molar-refractivity contribution in [2.45, 2.75) is 65.8 Å². The molecule has 0 aliphatic carbocycles. The van der Waals surface area contributed by atoms with Crippen LogP contribution in [0.3, 0.4) is 0 Å². The number of hydrogen-bond donors (Lipinski definition) is 0. The van der Waals surface area contributed by atoms with Crippen LogP contribution >= 0.6 is 0 Å². The van der Waals surface area contributed by atoms with E-state index in [9.17, 15) is 14.4 Å². The topological polar surface area (TPSA) is 92.0 Å². The first-order valence-corrected chi connectivity index (χ1v) is 10.4. The number of benzene rings is 1. The molecule has 0 bridgehead atoms. The molecule has 0 amide bonds. The van der Waals surface area contributed by atoms with Crippen LogP contribution in [0.5, 0.6) is 5.75 Å². The maximum atomic E-state index is 12.7. The standard InChI is InChI=1S/C24H28O7/c1-7-13(3)22(26)29-20-16-11-15-9-10-19(25)28-17(15)12-18(16)31-24(5,6)21(20)30-23(27)14(4)8-2/h8-13,20-21H,7H2,1-6H3/b14-8+/t13-,20-,21+/m1/s1. The summed E-state index contributed by atoms with van der Waals surface area (Å²) in [5.74, 6) is -0.811. The van der Waals surface area contributed by atoms with E-state index in [1.54, 1.807) is 58.9 Å². The summed E-state index contributed by atoms with van der Waals surface area (Å²) in [6.45, 7) is 10.6. The minimum absolute atomic E-state index is 0.318. The summed E-state index contributed by atoms with van der Waals surface area (Å²) in [5, 5.41) is 0.640. The van der Waals surface area contributed by atoms with E-state index in [1.807, 2.05) is 6.92 Å². The minimum atomic E-state index is -1.01. The van der Waals surface area contributed by atoms with E-state index in [2.05, 4.69) is 0 Å². The number of carbonyl (C=O) groups is 2. The van der Waals surface area contributed by atoms with Gasteiger partial charge in [-0.1, -0.05) is 19.9 Å². The number of allylic oxidation sites excluding steroid dienone is 1. The van der Waals surface area contributed by atoms with Crippen molar-refractivity contribution in [1.29, 1.82) is 0 Å². The van der Waals surface area contributed by atoms with Crippen molar-refractivity contribution in [1.82, 2.24) is 0 Å². The van der Waals surface area contributed by atoms with Crippen molar-refractivity contribution < 1.29 is 28.2 Å². The molecule has 0 unspecified atom stereocenters. The Kier molecular flexibility index (Phi) is 6.25. The van der Waals surface area contributed by atoms with Crippen molar-refractivity contribution in [2.24, 2.45) is 5.92 Å². The molecule has 7 nitrogen and oxygen atoms in total. The third-order valence-corrected chi connectivity index (χ3v) is 5.64. The fraction of sp³-hybridized carbons (Fsp3) is 0.458. The molecule has 0 N–H and O–H groups in total. The van der Waals surface area contributed by atoms with Gasteiger partial charge < -0.3 is 18.6 Å². The lowest BCUT2D eigenvalue weighted by Gasteiger charge is -2.43. The highest BCUT2D eigenvalue weighted by molar-refractivity contribution is 5.88. The highest BCUT2D eigenvalue weighted by Crippen LogP contribution is 2.45. The summed E-state index contributed by atoms with van der Waals surface area (Å²) in [4.78, 5) is 36.9. The lowest BCUT2D eigenvalue weighted by Crippen LogP contribution is -2.52. The monoisotopic (exact) mass is 428 g/mol. The molecule has 31 heavy (non-hydrogen) atoms. The van der Waals surface area contributed by atoms with Crippen molar-refractivity contribution in [3.05, 3.63) is 51.9 Å². The molecule has 1 aliphatic heterocycles. The number of hydrogen-bond acceptors (Lipinski definition) is 7. The summed E-state index contributed by atoms with van der Waals surface area (Å²) in [6, 6.07) is 6.28. The molecule has 3 rings (SSSR count). The zero-order valence-electron chi connectivity index (χ0n) is 18.7. The summed E-state index contributed by atoms with van der Waals surface area (Å²) in [6.07, 6.45) is 0.500. The van der Waals surface area contributed by atoms with E-state index < -0.39 is 29.4 Å². The van der Waals surface area contributed by atoms with Crippen LogP contribution in [0.1, 0.15) is 59.6 Å². The van der Waals surface area contributed by atoms with Gasteiger partial charge in [-0.2, -0.15) is 0 Å². The van der Waals surface area contributed by atoms with E-state index in [1.165, 1.54) is 6.07 Å². The average molecular weight is 428 g/mol. The van der Waals surface area contributed by atoms with Gasteiger partial charge in [-0.3, -0.25) is 4.79 Å². The first-order valence-electron chi connectivity index (χ1n) is 10.4. The van der Waals surface area contributed by atoms with Crippen LogP contribution < -0.4 is 10.4 Å². The van der Waals surface area contributed by atoms with E-state index >= 15 is 0 Å². The van der Waals surface area contributed by atoms with Crippen LogP contribution in [-0.2, 0) is 19.1 Å². The van der Waals surface area contributed by atoms with E-state index in [0.29, 0.717) is 34.3 Å². The molecule has 2 aromatic rings. The highest BCUT2D eigenvalue weighted by Gasteiger charge is 2.49. The van der Waals surface area contributed by atoms with Crippen molar-refractivity contribution in [2.75, 3.05) is 0 Å². The molecule has 1 aliphatic rings. The van der Waals surface area contributed by atoms with Gasteiger partial charge in [-0.25, -0.2) is 9.59 Å². The fourth-order valence-corrected chi connectivity index (χ4v) is 3.36. The Morgan fingerprint density at radius 1 is 1.23 bits per heavy atom. The number of carbonyl (C=O) groups excluding carboxylic acids is 2. The van der Waals surface area contributed by atoms with E-state index in [-0.39, 0.29) is 11.9 Å². The molecule has 0 saturated carbocycles. The van der Waals surface area contributed by atoms with Gasteiger partial charge in [-0.05, 0) is 46.2 Å². The first-order chi connectivity index (χ1) is 14.6. The Balaban J connectivity index is 2.14. The SMILES string of the molecule is C/C=C(\C)C(=O)O[C@H]1[C@H](OC(=O)[C@H](C)CC)c2cc3ccc(=O)oc3cc2OC1(C)C. The molecule has 3 atom stereocenters. The zero-order chi connectivity index (χ0) is 22.9. The molecule has 7 heteroatoms. The van der Waals surface area contributed by atoms with Crippen molar-refractivity contribution >= 4 is 22.9 Å². The normalized spacial score (nSPS) is 21.0. The van der Waals surface area contributed by atoms with Gasteiger partial charge in [0.1, 0.15) is 16.9 Å². The second kappa shape index (κ2) is 8.57. The lowest BCUT2D eigenvalue weighted by molar-refractivity contribution is -0.190. The predicted octanol–water partition coefficient (Wildman–Crippen LogP) is 4.47. The van der Waals surface area contributed by atoms with Gasteiger partial charge in [0.05, 0.1) is 5.92 Å². The summed E-state index contributed by atoms with van der Waals surface area (Å²) >= 11 is 0. The van der Waals surface area contributed by atoms with Crippen molar-refractivity contribution in [3.63, 3.8) is 0 Å². The highest BCUT2D eigenvalue weighted by atomic mass is 16.6. The van der Waals surface area contributed by atoms with Crippen LogP contribution in [0, 0.1) is 5.92 Å². The quantitative estimate of drug-likeness (QED) is 0.394. The molecule has 1 aromatic carbocycles. The van der Waals surface area contributed by atoms with Gasteiger partial charge in [-0.15, -0.1) is 0 Å². The smallest absolute Gasteiger partial charge is 0.336 e. The van der Waals surface area contributed by atoms with Crippen molar-refractivity contribution in [3.8, 4) is 5.75 Å². The molecule has 2 heterocycles. The molecule has 0 fully saturated rings.